The predicted octanol–water partition coefficient (Wildman–Crippen LogP) is 1.96. The number of rotatable bonds is 1. The normalized spacial score (nSPS) is 21.2. The summed E-state index contributed by atoms with van der Waals surface area (Å²) in [5.41, 5.74) is 2.22. The molecule has 12 heavy (non-hydrogen) atoms. The summed E-state index contributed by atoms with van der Waals surface area (Å²) in [6.45, 7) is 0. The average Bonchev–Trinajstić information content (AvgIpc) is 2.54. The van der Waals surface area contributed by atoms with Crippen LogP contribution < -0.4 is 5.32 Å². The number of nitrogens with one attached hydrogen (secondary N) is 2. The summed E-state index contributed by atoms with van der Waals surface area (Å²) in [6.07, 6.45) is 3.74. The molecule has 4 heteroatoms. The van der Waals surface area contributed by atoms with Crippen LogP contribution in [0.3, 0.4) is 0 Å². The Morgan fingerprint density at radius 2 is 2.42 bits per heavy atom. The lowest BCUT2D eigenvalue weighted by atomic mass is 10.2. The van der Waals surface area contributed by atoms with Crippen molar-refractivity contribution >= 4 is 20.4 Å². The number of hydrogen-bond donors (Lipinski definition) is 2. The highest BCUT2D eigenvalue weighted by atomic mass is 79.9. The van der Waals surface area contributed by atoms with E-state index in [1.54, 1.807) is 7.11 Å². The van der Waals surface area contributed by atoms with Gasteiger partial charge in [-0.2, -0.15) is 0 Å². The summed E-state index contributed by atoms with van der Waals surface area (Å²) in [5.74, 6) is 0. The van der Waals surface area contributed by atoms with Crippen LogP contribution in [-0.2, 0) is 4.74 Å². The molecule has 0 fully saturated rings. The van der Waals surface area contributed by atoms with E-state index in [9.17, 15) is 0 Å². The monoisotopic (exact) mass is 228 g/mol. The number of ether oxygens (including phenoxy) is 1. The third-order valence-electron chi connectivity index (χ3n) is 1.90. The van der Waals surface area contributed by atoms with E-state index in [1.165, 1.54) is 0 Å². The van der Waals surface area contributed by atoms with Gasteiger partial charge in [-0.3, -0.25) is 0 Å². The standard InChI is InChI=1S/C8H9BrN2O/c1-12-8-7-5(2-3-10-7)6(9)4-11-8/h2-4,8,10-11H,1H3. The highest BCUT2D eigenvalue weighted by Crippen LogP contribution is 2.31. The summed E-state index contributed by atoms with van der Waals surface area (Å²) in [7, 11) is 1.68. The van der Waals surface area contributed by atoms with Gasteiger partial charge in [-0.25, -0.2) is 0 Å². The zero-order chi connectivity index (χ0) is 8.55. The largest absolute Gasteiger partial charge is 0.361 e. The minimum absolute atomic E-state index is 0.0590. The Morgan fingerprint density at radius 3 is 3.17 bits per heavy atom. The second kappa shape index (κ2) is 2.95. The van der Waals surface area contributed by atoms with Gasteiger partial charge in [-0.1, -0.05) is 0 Å². The third-order valence-corrected chi connectivity index (χ3v) is 2.55. The fraction of sp³-hybridized carbons (Fsp3) is 0.250. The second-order valence-electron chi connectivity index (χ2n) is 2.58. The Morgan fingerprint density at radius 1 is 1.58 bits per heavy atom. The van der Waals surface area contributed by atoms with E-state index in [0.717, 1.165) is 15.7 Å². The molecule has 1 aliphatic heterocycles. The lowest BCUT2D eigenvalue weighted by molar-refractivity contribution is 0.0816. The zero-order valence-corrected chi connectivity index (χ0v) is 8.18. The minimum atomic E-state index is -0.0590. The maximum Gasteiger partial charge on any atom is 0.168 e. The SMILES string of the molecule is COC1NC=C(Br)c2cc[nH]c21. The number of aromatic nitrogens is 1. The molecule has 0 aliphatic carbocycles. The summed E-state index contributed by atoms with van der Waals surface area (Å²) in [6, 6.07) is 2.02. The molecule has 0 spiro atoms. The molecular weight excluding hydrogens is 220 g/mol. The Bertz CT molecular complexity index is 319. The highest BCUT2D eigenvalue weighted by Gasteiger charge is 2.20. The molecule has 2 heterocycles. The molecular formula is C8H9BrN2O. The van der Waals surface area contributed by atoms with E-state index in [-0.39, 0.29) is 6.23 Å². The van der Waals surface area contributed by atoms with Crippen LogP contribution in [0.1, 0.15) is 17.5 Å². The van der Waals surface area contributed by atoms with Gasteiger partial charge in [-0.05, 0) is 22.0 Å². The van der Waals surface area contributed by atoms with Gasteiger partial charge in [0.05, 0.1) is 5.69 Å². The summed E-state index contributed by atoms with van der Waals surface area (Å²) >= 11 is 3.45. The van der Waals surface area contributed by atoms with Gasteiger partial charge < -0.3 is 15.0 Å². The van der Waals surface area contributed by atoms with E-state index in [4.69, 9.17) is 4.74 Å². The Hall–Kier alpha value is -0.740. The van der Waals surface area contributed by atoms with Crippen LogP contribution in [0.25, 0.3) is 4.48 Å². The van der Waals surface area contributed by atoms with Crippen molar-refractivity contribution in [1.29, 1.82) is 0 Å². The predicted molar refractivity (Wildman–Crippen MR) is 50.6 cm³/mol. The molecule has 1 aliphatic rings. The molecule has 0 aromatic carbocycles. The molecule has 1 unspecified atom stereocenters. The number of halogens is 1. The molecule has 0 radical (unpaired) electrons. The van der Waals surface area contributed by atoms with Gasteiger partial charge in [0.25, 0.3) is 0 Å². The van der Waals surface area contributed by atoms with E-state index in [1.807, 2.05) is 18.5 Å². The number of methoxy groups -OCH3 is 1. The smallest absolute Gasteiger partial charge is 0.168 e. The van der Waals surface area contributed by atoms with Gasteiger partial charge in [0.1, 0.15) is 0 Å². The maximum absolute atomic E-state index is 5.22. The molecule has 0 amide bonds. The van der Waals surface area contributed by atoms with Crippen molar-refractivity contribution in [3.63, 3.8) is 0 Å². The summed E-state index contributed by atoms with van der Waals surface area (Å²) < 4.78 is 6.26. The van der Waals surface area contributed by atoms with Gasteiger partial charge in [0, 0.05) is 29.6 Å². The van der Waals surface area contributed by atoms with E-state index < -0.39 is 0 Å². The lowest BCUT2D eigenvalue weighted by Gasteiger charge is -2.20. The Labute approximate surface area is 78.9 Å². The van der Waals surface area contributed by atoms with Crippen LogP contribution in [-0.4, -0.2) is 12.1 Å². The molecule has 2 N–H and O–H groups in total. The second-order valence-corrected chi connectivity index (χ2v) is 3.43. The third kappa shape index (κ3) is 1.07. The average molecular weight is 229 g/mol. The van der Waals surface area contributed by atoms with Crippen molar-refractivity contribution < 1.29 is 4.74 Å². The number of fused-ring (bicyclic) bond motifs is 1. The minimum Gasteiger partial charge on any atom is -0.361 e. The Balaban J connectivity index is 2.45. The molecule has 64 valence electrons. The van der Waals surface area contributed by atoms with Crippen molar-refractivity contribution in [2.24, 2.45) is 0 Å². The van der Waals surface area contributed by atoms with Crippen molar-refractivity contribution in [2.45, 2.75) is 6.23 Å². The molecule has 1 aromatic rings. The fourth-order valence-corrected chi connectivity index (χ4v) is 1.78. The van der Waals surface area contributed by atoms with E-state index in [0.29, 0.717) is 0 Å². The first-order valence-electron chi connectivity index (χ1n) is 3.65. The van der Waals surface area contributed by atoms with Crippen molar-refractivity contribution in [3.8, 4) is 0 Å². The van der Waals surface area contributed by atoms with Gasteiger partial charge in [0.15, 0.2) is 6.23 Å². The van der Waals surface area contributed by atoms with Crippen molar-refractivity contribution in [3.05, 3.63) is 29.7 Å². The van der Waals surface area contributed by atoms with Gasteiger partial charge >= 0.3 is 0 Å². The molecule has 1 atom stereocenters. The highest BCUT2D eigenvalue weighted by molar-refractivity contribution is 9.15. The van der Waals surface area contributed by atoms with Gasteiger partial charge in [0.2, 0.25) is 0 Å². The van der Waals surface area contributed by atoms with E-state index in [2.05, 4.69) is 26.2 Å². The summed E-state index contributed by atoms with van der Waals surface area (Å²) in [5, 5.41) is 3.10. The lowest BCUT2D eigenvalue weighted by Crippen LogP contribution is -2.21. The Kier molecular flexibility index (Phi) is 1.94. The molecule has 2 rings (SSSR count). The van der Waals surface area contributed by atoms with Crippen LogP contribution in [0.4, 0.5) is 0 Å². The quantitative estimate of drug-likeness (QED) is 0.772. The van der Waals surface area contributed by atoms with Crippen LogP contribution in [0, 0.1) is 0 Å². The first-order valence-corrected chi connectivity index (χ1v) is 4.44. The first-order chi connectivity index (χ1) is 5.83. The number of aromatic amines is 1. The van der Waals surface area contributed by atoms with Crippen molar-refractivity contribution in [1.82, 2.24) is 10.3 Å². The molecule has 1 aromatic heterocycles. The van der Waals surface area contributed by atoms with E-state index >= 15 is 0 Å². The molecule has 0 bridgehead atoms. The number of H-pyrrole nitrogens is 1. The molecule has 3 nitrogen and oxygen atoms in total. The summed E-state index contributed by atoms with van der Waals surface area (Å²) in [4.78, 5) is 3.13. The topological polar surface area (TPSA) is 37.0 Å². The zero-order valence-electron chi connectivity index (χ0n) is 6.60. The fourth-order valence-electron chi connectivity index (χ4n) is 1.30. The number of hydrogen-bond acceptors (Lipinski definition) is 2. The van der Waals surface area contributed by atoms with Crippen molar-refractivity contribution in [2.75, 3.05) is 7.11 Å². The molecule has 0 saturated carbocycles. The van der Waals surface area contributed by atoms with Crippen LogP contribution in [0.5, 0.6) is 0 Å². The maximum atomic E-state index is 5.22. The van der Waals surface area contributed by atoms with Crippen LogP contribution in [0.15, 0.2) is 18.5 Å². The first kappa shape index (κ1) is 7.89. The molecule has 0 saturated heterocycles. The van der Waals surface area contributed by atoms with Crippen LogP contribution >= 0.6 is 15.9 Å². The van der Waals surface area contributed by atoms with Crippen LogP contribution in [0.2, 0.25) is 0 Å². The van der Waals surface area contributed by atoms with Gasteiger partial charge in [-0.15, -0.1) is 0 Å².